The molecular formula is C12H17NO. The maximum Gasteiger partial charge on any atom is 0.119 e. The molecule has 2 heteroatoms. The summed E-state index contributed by atoms with van der Waals surface area (Å²) in [4.78, 5) is 0. The van der Waals surface area contributed by atoms with Crippen LogP contribution in [-0.2, 0) is 5.54 Å². The second kappa shape index (κ2) is 3.28. The molecule has 0 aromatic heterocycles. The Hall–Kier alpha value is -1.02. The molecule has 2 atom stereocenters. The van der Waals surface area contributed by atoms with E-state index in [1.54, 1.807) is 7.11 Å². The smallest absolute Gasteiger partial charge is 0.119 e. The number of nitrogens with two attached hydrogens (primary N) is 1. The first kappa shape index (κ1) is 9.53. The lowest BCUT2D eigenvalue weighted by atomic mass is 9.64. The number of hydrogen-bond acceptors (Lipinski definition) is 2. The summed E-state index contributed by atoms with van der Waals surface area (Å²) in [6.45, 7) is 2.21. The van der Waals surface area contributed by atoms with E-state index < -0.39 is 0 Å². The van der Waals surface area contributed by atoms with Crippen molar-refractivity contribution < 1.29 is 4.74 Å². The van der Waals surface area contributed by atoms with Gasteiger partial charge in [-0.25, -0.2) is 0 Å². The molecule has 2 unspecified atom stereocenters. The van der Waals surface area contributed by atoms with E-state index >= 15 is 0 Å². The van der Waals surface area contributed by atoms with Crippen molar-refractivity contribution in [2.24, 2.45) is 11.7 Å². The van der Waals surface area contributed by atoms with Gasteiger partial charge in [0.1, 0.15) is 5.75 Å². The minimum Gasteiger partial charge on any atom is -0.497 e. The third kappa shape index (κ3) is 1.30. The van der Waals surface area contributed by atoms with E-state index in [2.05, 4.69) is 19.1 Å². The molecule has 76 valence electrons. The highest BCUT2D eigenvalue weighted by molar-refractivity contribution is 5.35. The summed E-state index contributed by atoms with van der Waals surface area (Å²) in [5.41, 5.74) is 7.42. The lowest BCUT2D eigenvalue weighted by Gasteiger charge is -2.45. The summed E-state index contributed by atoms with van der Waals surface area (Å²) >= 11 is 0. The van der Waals surface area contributed by atoms with Gasteiger partial charge in [0.15, 0.2) is 0 Å². The van der Waals surface area contributed by atoms with Gasteiger partial charge in [0.05, 0.1) is 7.11 Å². The quantitative estimate of drug-likeness (QED) is 0.778. The van der Waals surface area contributed by atoms with E-state index in [1.807, 2.05) is 12.1 Å². The number of methoxy groups -OCH3 is 1. The van der Waals surface area contributed by atoms with E-state index in [0.717, 1.165) is 12.2 Å². The van der Waals surface area contributed by atoms with Crippen LogP contribution in [0.25, 0.3) is 0 Å². The van der Waals surface area contributed by atoms with Gasteiger partial charge in [0, 0.05) is 5.54 Å². The highest BCUT2D eigenvalue weighted by atomic mass is 16.5. The first-order valence-corrected chi connectivity index (χ1v) is 5.10. The van der Waals surface area contributed by atoms with E-state index in [1.165, 1.54) is 12.0 Å². The van der Waals surface area contributed by atoms with Crippen LogP contribution in [0.2, 0.25) is 0 Å². The van der Waals surface area contributed by atoms with Crippen molar-refractivity contribution >= 4 is 0 Å². The van der Waals surface area contributed by atoms with Gasteiger partial charge in [-0.3, -0.25) is 0 Å². The van der Waals surface area contributed by atoms with Crippen molar-refractivity contribution in [1.82, 2.24) is 0 Å². The lowest BCUT2D eigenvalue weighted by Crippen LogP contribution is -2.50. The summed E-state index contributed by atoms with van der Waals surface area (Å²) in [7, 11) is 1.69. The molecule has 0 amide bonds. The van der Waals surface area contributed by atoms with Gasteiger partial charge >= 0.3 is 0 Å². The average molecular weight is 191 g/mol. The van der Waals surface area contributed by atoms with Crippen molar-refractivity contribution in [3.63, 3.8) is 0 Å². The zero-order chi connectivity index (χ0) is 10.2. The minimum atomic E-state index is -0.117. The number of benzene rings is 1. The fraction of sp³-hybridized carbons (Fsp3) is 0.500. The molecule has 0 heterocycles. The van der Waals surface area contributed by atoms with Gasteiger partial charge in [0.25, 0.3) is 0 Å². The number of ether oxygens (including phenoxy) is 1. The molecule has 2 rings (SSSR count). The minimum absolute atomic E-state index is 0.117. The second-order valence-corrected chi connectivity index (χ2v) is 4.21. The summed E-state index contributed by atoms with van der Waals surface area (Å²) in [6, 6.07) is 8.11. The highest BCUT2D eigenvalue weighted by Crippen LogP contribution is 2.44. The molecule has 1 aliphatic rings. The summed E-state index contributed by atoms with van der Waals surface area (Å²) in [6.07, 6.45) is 2.31. The molecule has 2 nitrogen and oxygen atoms in total. The van der Waals surface area contributed by atoms with E-state index in [9.17, 15) is 0 Å². The third-order valence-corrected chi connectivity index (χ3v) is 3.48. The molecule has 0 aliphatic heterocycles. The van der Waals surface area contributed by atoms with Crippen molar-refractivity contribution in [3.05, 3.63) is 29.8 Å². The van der Waals surface area contributed by atoms with Crippen molar-refractivity contribution in [1.29, 1.82) is 0 Å². The van der Waals surface area contributed by atoms with Crippen LogP contribution < -0.4 is 10.5 Å². The maximum absolute atomic E-state index is 6.34. The lowest BCUT2D eigenvalue weighted by molar-refractivity contribution is 0.144. The van der Waals surface area contributed by atoms with Gasteiger partial charge in [-0.05, 0) is 36.5 Å². The summed E-state index contributed by atoms with van der Waals surface area (Å²) < 4.78 is 5.20. The van der Waals surface area contributed by atoms with E-state index in [-0.39, 0.29) is 5.54 Å². The fourth-order valence-electron chi connectivity index (χ4n) is 2.09. The molecule has 1 fully saturated rings. The molecule has 0 saturated heterocycles. The Morgan fingerprint density at radius 3 is 2.79 bits per heavy atom. The van der Waals surface area contributed by atoms with Gasteiger partial charge < -0.3 is 10.5 Å². The molecule has 2 N–H and O–H groups in total. The number of rotatable bonds is 2. The molecule has 1 aromatic rings. The third-order valence-electron chi connectivity index (χ3n) is 3.48. The summed E-state index contributed by atoms with van der Waals surface area (Å²) in [5, 5.41) is 0. The van der Waals surface area contributed by atoms with Crippen LogP contribution in [-0.4, -0.2) is 7.11 Å². The van der Waals surface area contributed by atoms with Crippen molar-refractivity contribution in [2.75, 3.05) is 7.11 Å². The van der Waals surface area contributed by atoms with Gasteiger partial charge in [0.2, 0.25) is 0 Å². The zero-order valence-electron chi connectivity index (χ0n) is 8.79. The Bertz CT molecular complexity index is 337. The van der Waals surface area contributed by atoms with Crippen LogP contribution in [0.4, 0.5) is 0 Å². The largest absolute Gasteiger partial charge is 0.497 e. The number of hydrogen-bond donors (Lipinski definition) is 1. The predicted octanol–water partition coefficient (Wildman–Crippen LogP) is 2.28. The normalized spacial score (nSPS) is 30.9. The van der Waals surface area contributed by atoms with Gasteiger partial charge in [-0.15, -0.1) is 0 Å². The van der Waals surface area contributed by atoms with Crippen LogP contribution in [0.15, 0.2) is 24.3 Å². The first-order valence-electron chi connectivity index (χ1n) is 5.10. The fourth-order valence-corrected chi connectivity index (χ4v) is 2.09. The molecule has 0 bridgehead atoms. The molecule has 0 spiro atoms. The topological polar surface area (TPSA) is 35.2 Å². The molecule has 1 saturated carbocycles. The molecule has 14 heavy (non-hydrogen) atoms. The standard InChI is InChI=1S/C12H17NO/c1-9-6-7-12(9,13)10-4-3-5-11(8-10)14-2/h3-5,8-9H,6-7,13H2,1-2H3. The van der Waals surface area contributed by atoms with Crippen LogP contribution in [0, 0.1) is 5.92 Å². The Labute approximate surface area is 85.1 Å². The van der Waals surface area contributed by atoms with E-state index in [4.69, 9.17) is 10.5 Å². The highest BCUT2D eigenvalue weighted by Gasteiger charge is 2.41. The molecule has 0 radical (unpaired) electrons. The SMILES string of the molecule is COc1cccc(C2(N)CCC2C)c1. The van der Waals surface area contributed by atoms with Crippen molar-refractivity contribution in [2.45, 2.75) is 25.3 Å². The predicted molar refractivity (Wildman–Crippen MR) is 57.3 cm³/mol. The van der Waals surface area contributed by atoms with E-state index in [0.29, 0.717) is 5.92 Å². The van der Waals surface area contributed by atoms with Crippen LogP contribution >= 0.6 is 0 Å². The monoisotopic (exact) mass is 191 g/mol. The van der Waals surface area contributed by atoms with Gasteiger partial charge in [-0.1, -0.05) is 19.1 Å². The van der Waals surface area contributed by atoms with Crippen LogP contribution in [0.1, 0.15) is 25.3 Å². The maximum atomic E-state index is 6.34. The Balaban J connectivity index is 2.32. The average Bonchev–Trinajstić information content (AvgIpc) is 2.26. The van der Waals surface area contributed by atoms with Crippen LogP contribution in [0.5, 0.6) is 5.75 Å². The Morgan fingerprint density at radius 1 is 1.50 bits per heavy atom. The van der Waals surface area contributed by atoms with Crippen molar-refractivity contribution in [3.8, 4) is 5.75 Å². The first-order chi connectivity index (χ1) is 6.66. The Morgan fingerprint density at radius 2 is 2.29 bits per heavy atom. The molecule has 1 aromatic carbocycles. The second-order valence-electron chi connectivity index (χ2n) is 4.21. The van der Waals surface area contributed by atoms with Gasteiger partial charge in [-0.2, -0.15) is 0 Å². The summed E-state index contributed by atoms with van der Waals surface area (Å²) in [5.74, 6) is 1.47. The Kier molecular flexibility index (Phi) is 2.23. The zero-order valence-corrected chi connectivity index (χ0v) is 8.79. The molecule has 1 aliphatic carbocycles. The van der Waals surface area contributed by atoms with Crippen LogP contribution in [0.3, 0.4) is 0 Å². The molecular weight excluding hydrogens is 174 g/mol.